The molecule has 2 aromatic carbocycles. The summed E-state index contributed by atoms with van der Waals surface area (Å²) in [6.45, 7) is 2.38. The van der Waals surface area contributed by atoms with E-state index in [2.05, 4.69) is 21.2 Å². The largest absolute Gasteiger partial charge is 0.306 e. The van der Waals surface area contributed by atoms with Gasteiger partial charge >= 0.3 is 0 Å². The predicted molar refractivity (Wildman–Crippen MR) is 82.5 cm³/mol. The van der Waals surface area contributed by atoms with Gasteiger partial charge in [-0.3, -0.25) is 10.1 Å². The van der Waals surface area contributed by atoms with Gasteiger partial charge in [0.1, 0.15) is 5.82 Å². The number of halogens is 2. The first-order valence-corrected chi connectivity index (χ1v) is 7.18. The molecule has 0 bridgehead atoms. The van der Waals surface area contributed by atoms with E-state index in [9.17, 15) is 14.5 Å². The van der Waals surface area contributed by atoms with Gasteiger partial charge in [-0.25, -0.2) is 4.39 Å². The molecule has 2 rings (SSSR count). The van der Waals surface area contributed by atoms with E-state index in [0.717, 1.165) is 5.56 Å². The van der Waals surface area contributed by atoms with Crippen molar-refractivity contribution >= 4 is 21.6 Å². The van der Waals surface area contributed by atoms with Crippen molar-refractivity contribution in [2.75, 3.05) is 0 Å². The standard InChI is InChI=1S/C15H14BrFN2O2/c1-10(14-7-4-12(16)8-15(14)17)18-9-11-2-5-13(6-3-11)19(20)21/h2-8,10,18H,9H2,1H3. The molecular formula is C15H14BrFN2O2. The third-order valence-electron chi connectivity index (χ3n) is 3.19. The van der Waals surface area contributed by atoms with Gasteiger partial charge in [-0.2, -0.15) is 0 Å². The van der Waals surface area contributed by atoms with Crippen molar-refractivity contribution in [3.05, 3.63) is 74.0 Å². The lowest BCUT2D eigenvalue weighted by atomic mass is 10.1. The lowest BCUT2D eigenvalue weighted by molar-refractivity contribution is -0.384. The van der Waals surface area contributed by atoms with Gasteiger partial charge in [0.15, 0.2) is 0 Å². The molecule has 2 aromatic rings. The number of benzene rings is 2. The highest BCUT2D eigenvalue weighted by atomic mass is 79.9. The second kappa shape index (κ2) is 6.78. The molecule has 0 heterocycles. The number of nitro benzene ring substituents is 1. The van der Waals surface area contributed by atoms with Crippen LogP contribution < -0.4 is 5.32 Å². The molecule has 0 saturated heterocycles. The smallest absolute Gasteiger partial charge is 0.269 e. The maximum absolute atomic E-state index is 13.8. The molecule has 0 aliphatic rings. The second-order valence-electron chi connectivity index (χ2n) is 4.69. The van der Waals surface area contributed by atoms with E-state index in [4.69, 9.17) is 0 Å². The van der Waals surface area contributed by atoms with Crippen molar-refractivity contribution in [3.8, 4) is 0 Å². The second-order valence-corrected chi connectivity index (χ2v) is 5.61. The fraction of sp³-hybridized carbons (Fsp3) is 0.200. The fourth-order valence-electron chi connectivity index (χ4n) is 1.97. The Hall–Kier alpha value is -1.79. The highest BCUT2D eigenvalue weighted by Crippen LogP contribution is 2.21. The first-order valence-electron chi connectivity index (χ1n) is 6.39. The SMILES string of the molecule is CC(NCc1ccc([N+](=O)[O-])cc1)c1ccc(Br)cc1F. The summed E-state index contributed by atoms with van der Waals surface area (Å²) in [4.78, 5) is 10.1. The fourth-order valence-corrected chi connectivity index (χ4v) is 2.30. The van der Waals surface area contributed by atoms with Crippen LogP contribution in [-0.4, -0.2) is 4.92 Å². The molecule has 0 aliphatic heterocycles. The Morgan fingerprint density at radius 2 is 1.95 bits per heavy atom. The first-order chi connectivity index (χ1) is 9.97. The third kappa shape index (κ3) is 4.09. The summed E-state index contributed by atoms with van der Waals surface area (Å²) in [6, 6.07) is 11.1. The van der Waals surface area contributed by atoms with E-state index in [0.29, 0.717) is 16.6 Å². The minimum absolute atomic E-state index is 0.0609. The van der Waals surface area contributed by atoms with E-state index in [1.165, 1.54) is 18.2 Å². The number of hydrogen-bond acceptors (Lipinski definition) is 3. The van der Waals surface area contributed by atoms with Crippen molar-refractivity contribution in [2.24, 2.45) is 0 Å². The highest BCUT2D eigenvalue weighted by Gasteiger charge is 2.11. The summed E-state index contributed by atoms with van der Waals surface area (Å²) in [7, 11) is 0. The zero-order valence-corrected chi connectivity index (χ0v) is 12.9. The van der Waals surface area contributed by atoms with E-state index in [-0.39, 0.29) is 17.5 Å². The monoisotopic (exact) mass is 352 g/mol. The van der Waals surface area contributed by atoms with Crippen LogP contribution in [0.25, 0.3) is 0 Å². The van der Waals surface area contributed by atoms with Crippen LogP contribution in [-0.2, 0) is 6.54 Å². The van der Waals surface area contributed by atoms with E-state index in [1.54, 1.807) is 24.3 Å². The van der Waals surface area contributed by atoms with Gasteiger partial charge in [-0.1, -0.05) is 34.1 Å². The number of nitrogens with zero attached hydrogens (tertiary/aromatic N) is 1. The third-order valence-corrected chi connectivity index (χ3v) is 3.68. The molecule has 1 unspecified atom stereocenters. The Labute approximate surface area is 130 Å². The van der Waals surface area contributed by atoms with Crippen LogP contribution in [0.2, 0.25) is 0 Å². The minimum Gasteiger partial charge on any atom is -0.306 e. The number of non-ortho nitro benzene ring substituents is 1. The number of nitrogens with one attached hydrogen (secondary N) is 1. The van der Waals surface area contributed by atoms with Gasteiger partial charge in [0, 0.05) is 34.8 Å². The van der Waals surface area contributed by atoms with Crippen LogP contribution in [0, 0.1) is 15.9 Å². The van der Waals surface area contributed by atoms with Crippen LogP contribution in [0.1, 0.15) is 24.1 Å². The Balaban J connectivity index is 2.00. The lowest BCUT2D eigenvalue weighted by Gasteiger charge is -2.15. The summed E-state index contributed by atoms with van der Waals surface area (Å²) in [6.07, 6.45) is 0. The summed E-state index contributed by atoms with van der Waals surface area (Å²) >= 11 is 3.22. The normalized spacial score (nSPS) is 12.1. The molecule has 6 heteroatoms. The molecule has 1 atom stereocenters. The van der Waals surface area contributed by atoms with Gasteiger partial charge < -0.3 is 5.32 Å². The summed E-state index contributed by atoms with van der Waals surface area (Å²) in [5.74, 6) is -0.270. The van der Waals surface area contributed by atoms with Crippen LogP contribution in [0.5, 0.6) is 0 Å². The molecule has 110 valence electrons. The van der Waals surface area contributed by atoms with Crippen LogP contribution in [0.3, 0.4) is 0 Å². The average Bonchev–Trinajstić information content (AvgIpc) is 2.45. The molecule has 0 saturated carbocycles. The quantitative estimate of drug-likeness (QED) is 0.642. The van der Waals surface area contributed by atoms with Crippen molar-refractivity contribution < 1.29 is 9.31 Å². The number of hydrogen-bond donors (Lipinski definition) is 1. The summed E-state index contributed by atoms with van der Waals surface area (Å²) in [5, 5.41) is 13.8. The molecule has 0 radical (unpaired) electrons. The molecule has 0 aromatic heterocycles. The Morgan fingerprint density at radius 3 is 2.52 bits per heavy atom. The van der Waals surface area contributed by atoms with Gasteiger partial charge in [-0.05, 0) is 24.6 Å². The van der Waals surface area contributed by atoms with E-state index in [1.807, 2.05) is 6.92 Å². The van der Waals surface area contributed by atoms with Crippen LogP contribution in [0.15, 0.2) is 46.9 Å². The molecule has 4 nitrogen and oxygen atoms in total. The van der Waals surface area contributed by atoms with E-state index < -0.39 is 4.92 Å². The Kier molecular flexibility index (Phi) is 5.03. The lowest BCUT2D eigenvalue weighted by Crippen LogP contribution is -2.19. The molecule has 0 fully saturated rings. The topological polar surface area (TPSA) is 55.2 Å². The summed E-state index contributed by atoms with van der Waals surface area (Å²) in [5.41, 5.74) is 1.55. The molecule has 21 heavy (non-hydrogen) atoms. The van der Waals surface area contributed by atoms with Gasteiger partial charge in [0.05, 0.1) is 4.92 Å². The van der Waals surface area contributed by atoms with Crippen molar-refractivity contribution in [1.82, 2.24) is 5.32 Å². The maximum Gasteiger partial charge on any atom is 0.269 e. The maximum atomic E-state index is 13.8. The van der Waals surface area contributed by atoms with Crippen LogP contribution >= 0.6 is 15.9 Å². The molecular weight excluding hydrogens is 339 g/mol. The minimum atomic E-state index is -0.433. The Bertz CT molecular complexity index is 647. The first kappa shape index (κ1) is 15.6. The molecule has 1 N–H and O–H groups in total. The summed E-state index contributed by atoms with van der Waals surface area (Å²) < 4.78 is 14.5. The van der Waals surface area contributed by atoms with Crippen LogP contribution in [0.4, 0.5) is 10.1 Å². The van der Waals surface area contributed by atoms with E-state index >= 15 is 0 Å². The van der Waals surface area contributed by atoms with Crippen molar-refractivity contribution in [3.63, 3.8) is 0 Å². The average molecular weight is 353 g/mol. The molecule has 0 aliphatic carbocycles. The highest BCUT2D eigenvalue weighted by molar-refractivity contribution is 9.10. The zero-order chi connectivity index (χ0) is 15.4. The zero-order valence-electron chi connectivity index (χ0n) is 11.3. The van der Waals surface area contributed by atoms with Crippen molar-refractivity contribution in [2.45, 2.75) is 19.5 Å². The molecule has 0 amide bonds. The van der Waals surface area contributed by atoms with Gasteiger partial charge in [0.25, 0.3) is 5.69 Å². The Morgan fingerprint density at radius 1 is 1.29 bits per heavy atom. The van der Waals surface area contributed by atoms with Crippen molar-refractivity contribution in [1.29, 1.82) is 0 Å². The molecule has 0 spiro atoms. The predicted octanol–water partition coefficient (Wildman–Crippen LogP) is 4.35. The van der Waals surface area contributed by atoms with Gasteiger partial charge in [0.2, 0.25) is 0 Å². The van der Waals surface area contributed by atoms with Gasteiger partial charge in [-0.15, -0.1) is 0 Å². The number of nitro groups is 1. The number of rotatable bonds is 5.